The van der Waals surface area contributed by atoms with Crippen molar-refractivity contribution in [2.45, 2.75) is 33.6 Å². The number of hydrogen-bond acceptors (Lipinski definition) is 6. The summed E-state index contributed by atoms with van der Waals surface area (Å²) in [5.74, 6) is 1.11. The molecule has 7 nitrogen and oxygen atoms in total. The van der Waals surface area contributed by atoms with Crippen LogP contribution in [-0.4, -0.2) is 29.3 Å². The van der Waals surface area contributed by atoms with E-state index in [1.807, 2.05) is 68.4 Å². The normalized spacial score (nSPS) is 12.7. The van der Waals surface area contributed by atoms with Gasteiger partial charge in [-0.2, -0.15) is 0 Å². The van der Waals surface area contributed by atoms with Gasteiger partial charge in [0.2, 0.25) is 5.89 Å². The number of carboxylic acid groups (broad SMARTS) is 1. The lowest BCUT2D eigenvalue weighted by atomic mass is 9.81. The van der Waals surface area contributed by atoms with E-state index in [1.54, 1.807) is 6.92 Å². The fourth-order valence-corrected chi connectivity index (χ4v) is 3.32. The van der Waals surface area contributed by atoms with E-state index in [2.05, 4.69) is 17.0 Å². The molecule has 0 radical (unpaired) electrons. The van der Waals surface area contributed by atoms with Gasteiger partial charge in [0, 0.05) is 17.7 Å². The molecule has 0 aliphatic heterocycles. The molecule has 33 heavy (non-hydrogen) atoms. The Morgan fingerprint density at radius 1 is 1.18 bits per heavy atom. The maximum atomic E-state index is 11.9. The van der Waals surface area contributed by atoms with Crippen LogP contribution in [0.2, 0.25) is 0 Å². The number of nitrogens with one attached hydrogen (secondary N) is 1. The van der Waals surface area contributed by atoms with Gasteiger partial charge in [-0.05, 0) is 57.0 Å². The lowest BCUT2D eigenvalue weighted by Gasteiger charge is -2.27. The molecular formula is C26H30N2O5. The lowest BCUT2D eigenvalue weighted by Crippen LogP contribution is -2.37. The maximum absolute atomic E-state index is 11.9. The van der Waals surface area contributed by atoms with E-state index < -0.39 is 11.4 Å². The van der Waals surface area contributed by atoms with Gasteiger partial charge in [0.1, 0.15) is 16.9 Å². The van der Waals surface area contributed by atoms with Crippen LogP contribution in [0.5, 0.6) is 5.75 Å². The molecule has 174 valence electrons. The van der Waals surface area contributed by atoms with Crippen LogP contribution in [0.3, 0.4) is 0 Å². The number of hydroxylamine groups is 1. The van der Waals surface area contributed by atoms with E-state index >= 15 is 0 Å². The van der Waals surface area contributed by atoms with Gasteiger partial charge in [0.05, 0.1) is 18.9 Å². The summed E-state index contributed by atoms with van der Waals surface area (Å²) in [4.78, 5) is 21.6. The standard InChI is InChI=1S/C26H30N2O5/c1-5-32-28-19(3)26(4,25(29)30)17-20-11-13-22(14-12-20)31-16-15-23-18(2)33-24(27-23)21-9-7-6-8-10-21/h6-14,28H,3,5,15-17H2,1-2,4H3,(H,29,30). The van der Waals surface area contributed by atoms with Crippen molar-refractivity contribution < 1.29 is 23.9 Å². The molecule has 1 unspecified atom stereocenters. The summed E-state index contributed by atoms with van der Waals surface area (Å²) in [5, 5.41) is 9.74. The Labute approximate surface area is 194 Å². The minimum atomic E-state index is -1.21. The average Bonchev–Trinajstić information content (AvgIpc) is 3.19. The monoisotopic (exact) mass is 450 g/mol. The highest BCUT2D eigenvalue weighted by atomic mass is 16.6. The summed E-state index contributed by atoms with van der Waals surface area (Å²) >= 11 is 0. The van der Waals surface area contributed by atoms with Crippen molar-refractivity contribution in [2.24, 2.45) is 5.41 Å². The molecule has 0 saturated carbocycles. The zero-order valence-electron chi connectivity index (χ0n) is 19.3. The van der Waals surface area contributed by atoms with Crippen LogP contribution in [0.25, 0.3) is 11.5 Å². The van der Waals surface area contributed by atoms with Gasteiger partial charge in [-0.25, -0.2) is 4.98 Å². The van der Waals surface area contributed by atoms with E-state index in [-0.39, 0.29) is 6.42 Å². The highest BCUT2D eigenvalue weighted by Gasteiger charge is 2.37. The minimum Gasteiger partial charge on any atom is -0.493 e. The van der Waals surface area contributed by atoms with Crippen LogP contribution in [-0.2, 0) is 22.5 Å². The third-order valence-electron chi connectivity index (χ3n) is 5.48. The molecule has 3 aromatic rings. The SMILES string of the molecule is C=C(NOCC)C(C)(Cc1ccc(OCCc2nc(-c3ccccc3)oc2C)cc1)C(=O)O. The predicted octanol–water partition coefficient (Wildman–Crippen LogP) is 4.96. The van der Waals surface area contributed by atoms with Gasteiger partial charge in [0.25, 0.3) is 0 Å². The topological polar surface area (TPSA) is 93.8 Å². The Morgan fingerprint density at radius 3 is 2.52 bits per heavy atom. The van der Waals surface area contributed by atoms with Gasteiger partial charge in [-0.3, -0.25) is 15.1 Å². The van der Waals surface area contributed by atoms with E-state index in [0.29, 0.717) is 37.0 Å². The molecule has 7 heteroatoms. The quantitative estimate of drug-likeness (QED) is 0.377. The molecule has 0 aliphatic carbocycles. The van der Waals surface area contributed by atoms with Crippen LogP contribution < -0.4 is 10.2 Å². The number of ether oxygens (including phenoxy) is 1. The largest absolute Gasteiger partial charge is 0.493 e. The number of hydrogen-bond donors (Lipinski definition) is 2. The zero-order chi connectivity index (χ0) is 23.8. The highest BCUT2D eigenvalue weighted by Crippen LogP contribution is 2.30. The average molecular weight is 451 g/mol. The third-order valence-corrected chi connectivity index (χ3v) is 5.48. The Hall–Kier alpha value is -3.58. The summed E-state index contributed by atoms with van der Waals surface area (Å²) in [6.07, 6.45) is 0.881. The molecular weight excluding hydrogens is 420 g/mol. The van der Waals surface area contributed by atoms with Gasteiger partial charge in [-0.1, -0.05) is 36.9 Å². The van der Waals surface area contributed by atoms with Crippen molar-refractivity contribution in [2.75, 3.05) is 13.2 Å². The predicted molar refractivity (Wildman–Crippen MR) is 126 cm³/mol. The molecule has 3 rings (SSSR count). The molecule has 0 fully saturated rings. The number of carbonyl (C=O) groups is 1. The smallest absolute Gasteiger partial charge is 0.315 e. The first-order valence-corrected chi connectivity index (χ1v) is 10.9. The molecule has 0 amide bonds. The fraction of sp³-hybridized carbons (Fsp3) is 0.308. The molecule has 0 bridgehead atoms. The molecule has 1 atom stereocenters. The molecule has 0 aliphatic rings. The number of carboxylic acids is 1. The first-order valence-electron chi connectivity index (χ1n) is 10.9. The fourth-order valence-electron chi connectivity index (χ4n) is 3.32. The number of benzene rings is 2. The van der Waals surface area contributed by atoms with Crippen molar-refractivity contribution in [3.8, 4) is 17.2 Å². The van der Waals surface area contributed by atoms with Gasteiger partial charge in [-0.15, -0.1) is 0 Å². The Bertz CT molecular complexity index is 1080. The van der Waals surface area contributed by atoms with E-state index in [4.69, 9.17) is 14.0 Å². The van der Waals surface area contributed by atoms with Crippen LogP contribution in [0.1, 0.15) is 30.9 Å². The maximum Gasteiger partial charge on any atom is 0.315 e. The summed E-state index contributed by atoms with van der Waals surface area (Å²) in [7, 11) is 0. The van der Waals surface area contributed by atoms with E-state index in [9.17, 15) is 9.90 Å². The van der Waals surface area contributed by atoms with Crippen LogP contribution in [0, 0.1) is 12.3 Å². The first-order chi connectivity index (χ1) is 15.8. The number of aryl methyl sites for hydroxylation is 1. The number of nitrogens with zero attached hydrogens (tertiary/aromatic N) is 1. The number of oxazole rings is 1. The number of rotatable bonds is 12. The molecule has 2 N–H and O–H groups in total. The third kappa shape index (κ3) is 6.02. The molecule has 2 aromatic carbocycles. The van der Waals surface area contributed by atoms with E-state index in [1.165, 1.54) is 0 Å². The molecule has 0 saturated heterocycles. The van der Waals surface area contributed by atoms with Crippen LogP contribution >= 0.6 is 0 Å². The van der Waals surface area contributed by atoms with Crippen molar-refractivity contribution in [1.29, 1.82) is 0 Å². The molecule has 1 aromatic heterocycles. The van der Waals surface area contributed by atoms with Gasteiger partial charge in [0.15, 0.2) is 0 Å². The second-order valence-electron chi connectivity index (χ2n) is 7.96. The zero-order valence-corrected chi connectivity index (χ0v) is 19.3. The second-order valence-corrected chi connectivity index (χ2v) is 7.96. The molecule has 1 heterocycles. The van der Waals surface area contributed by atoms with Crippen LogP contribution in [0.15, 0.2) is 71.3 Å². The summed E-state index contributed by atoms with van der Waals surface area (Å²) in [5.41, 5.74) is 4.38. The highest BCUT2D eigenvalue weighted by molar-refractivity contribution is 5.78. The van der Waals surface area contributed by atoms with Crippen molar-refractivity contribution >= 4 is 5.97 Å². The molecule has 0 spiro atoms. The Morgan fingerprint density at radius 2 is 1.88 bits per heavy atom. The minimum absolute atomic E-state index is 0.266. The second kappa shape index (κ2) is 10.8. The summed E-state index contributed by atoms with van der Waals surface area (Å²) < 4.78 is 11.7. The number of aromatic nitrogens is 1. The Balaban J connectivity index is 1.57. The van der Waals surface area contributed by atoms with Crippen molar-refractivity contribution in [3.05, 3.63) is 83.9 Å². The lowest BCUT2D eigenvalue weighted by molar-refractivity contribution is -0.146. The van der Waals surface area contributed by atoms with Crippen LogP contribution in [0.4, 0.5) is 0 Å². The van der Waals surface area contributed by atoms with Crippen molar-refractivity contribution in [3.63, 3.8) is 0 Å². The van der Waals surface area contributed by atoms with Crippen molar-refractivity contribution in [1.82, 2.24) is 10.5 Å². The first kappa shape index (κ1) is 24.1. The van der Waals surface area contributed by atoms with Gasteiger partial charge >= 0.3 is 5.97 Å². The van der Waals surface area contributed by atoms with E-state index in [0.717, 1.165) is 22.6 Å². The van der Waals surface area contributed by atoms with Gasteiger partial charge < -0.3 is 14.3 Å². The summed E-state index contributed by atoms with van der Waals surface area (Å²) in [6.45, 7) is 10.0. The number of aliphatic carboxylic acids is 1. The summed E-state index contributed by atoms with van der Waals surface area (Å²) in [6, 6.07) is 17.2. The Kier molecular flexibility index (Phi) is 7.90.